The van der Waals surface area contributed by atoms with Crippen molar-refractivity contribution in [2.45, 2.75) is 32.7 Å². The SMILES string of the molecule is CN(Cc1ccc(C(C)(C)C)cc1)C(=O)Nc1cc(F)c(NS(C)(=O)=O)c(F)c1. The minimum Gasteiger partial charge on any atom is -0.323 e. The molecule has 0 aliphatic heterocycles. The summed E-state index contributed by atoms with van der Waals surface area (Å²) in [4.78, 5) is 13.7. The van der Waals surface area contributed by atoms with Crippen LogP contribution in [0.1, 0.15) is 31.9 Å². The van der Waals surface area contributed by atoms with Crippen molar-refractivity contribution >= 4 is 27.4 Å². The Morgan fingerprint density at radius 1 is 1.07 bits per heavy atom. The highest BCUT2D eigenvalue weighted by atomic mass is 32.2. The van der Waals surface area contributed by atoms with Gasteiger partial charge in [0.1, 0.15) is 5.69 Å². The fourth-order valence-corrected chi connectivity index (χ4v) is 3.17. The summed E-state index contributed by atoms with van der Waals surface area (Å²) < 4.78 is 52.2. The van der Waals surface area contributed by atoms with Crippen LogP contribution in [0, 0.1) is 11.6 Å². The van der Waals surface area contributed by atoms with E-state index in [9.17, 15) is 22.0 Å². The molecule has 0 saturated carbocycles. The second-order valence-corrected chi connectivity index (χ2v) is 9.67. The zero-order valence-corrected chi connectivity index (χ0v) is 17.8. The average molecular weight is 426 g/mol. The van der Waals surface area contributed by atoms with Crippen molar-refractivity contribution in [2.75, 3.05) is 23.3 Å². The van der Waals surface area contributed by atoms with Crippen molar-refractivity contribution in [1.29, 1.82) is 0 Å². The van der Waals surface area contributed by atoms with Crippen molar-refractivity contribution < 1.29 is 22.0 Å². The summed E-state index contributed by atoms with van der Waals surface area (Å²) in [5, 5.41) is 2.40. The Morgan fingerprint density at radius 2 is 1.59 bits per heavy atom. The van der Waals surface area contributed by atoms with E-state index in [1.54, 1.807) is 11.8 Å². The number of halogens is 2. The van der Waals surface area contributed by atoms with E-state index in [4.69, 9.17) is 0 Å². The van der Waals surface area contributed by atoms with Gasteiger partial charge in [-0.15, -0.1) is 0 Å². The Balaban J connectivity index is 2.07. The van der Waals surface area contributed by atoms with Gasteiger partial charge in [0.25, 0.3) is 0 Å². The van der Waals surface area contributed by atoms with Crippen LogP contribution < -0.4 is 10.0 Å². The Labute approximate surface area is 170 Å². The van der Waals surface area contributed by atoms with Crippen molar-refractivity contribution in [3.63, 3.8) is 0 Å². The molecule has 0 radical (unpaired) electrons. The van der Waals surface area contributed by atoms with Gasteiger partial charge >= 0.3 is 6.03 Å². The number of carbonyl (C=O) groups is 1. The number of rotatable bonds is 5. The van der Waals surface area contributed by atoms with Gasteiger partial charge in [0, 0.05) is 19.3 Å². The molecule has 2 rings (SSSR count). The maximum absolute atomic E-state index is 14.0. The van der Waals surface area contributed by atoms with Gasteiger partial charge in [-0.25, -0.2) is 22.0 Å². The summed E-state index contributed by atoms with van der Waals surface area (Å²) in [7, 11) is -2.29. The first-order valence-electron chi connectivity index (χ1n) is 8.84. The molecule has 2 aromatic rings. The Bertz CT molecular complexity index is 978. The normalized spacial score (nSPS) is 11.8. The van der Waals surface area contributed by atoms with Gasteiger partial charge in [0.2, 0.25) is 10.0 Å². The number of carbonyl (C=O) groups excluding carboxylic acids is 1. The first kappa shape index (κ1) is 22.6. The summed E-state index contributed by atoms with van der Waals surface area (Å²) in [5.41, 5.74) is 1.17. The summed E-state index contributed by atoms with van der Waals surface area (Å²) in [6, 6.07) is 8.98. The third-order valence-electron chi connectivity index (χ3n) is 4.17. The Hall–Kier alpha value is -2.68. The lowest BCUT2D eigenvalue weighted by Gasteiger charge is -2.21. The van der Waals surface area contributed by atoms with Gasteiger partial charge < -0.3 is 10.2 Å². The number of nitrogens with one attached hydrogen (secondary N) is 2. The number of hydrogen-bond acceptors (Lipinski definition) is 3. The van der Waals surface area contributed by atoms with Gasteiger partial charge in [-0.2, -0.15) is 0 Å². The molecular formula is C20H25F2N3O3S. The van der Waals surface area contributed by atoms with Crippen LogP contribution in [0.5, 0.6) is 0 Å². The van der Waals surface area contributed by atoms with Gasteiger partial charge in [-0.1, -0.05) is 45.0 Å². The van der Waals surface area contributed by atoms with Gasteiger partial charge in [0.05, 0.1) is 6.26 Å². The highest BCUT2D eigenvalue weighted by molar-refractivity contribution is 7.92. The number of urea groups is 1. The highest BCUT2D eigenvalue weighted by Crippen LogP contribution is 2.25. The van der Waals surface area contributed by atoms with E-state index in [0.29, 0.717) is 6.54 Å². The molecule has 9 heteroatoms. The van der Waals surface area contributed by atoms with E-state index >= 15 is 0 Å². The lowest BCUT2D eigenvalue weighted by atomic mass is 9.87. The second kappa shape index (κ2) is 8.36. The lowest BCUT2D eigenvalue weighted by Crippen LogP contribution is -2.31. The topological polar surface area (TPSA) is 78.5 Å². The second-order valence-electron chi connectivity index (χ2n) is 7.92. The lowest BCUT2D eigenvalue weighted by molar-refractivity contribution is 0.220. The van der Waals surface area contributed by atoms with Gasteiger partial charge in [-0.05, 0) is 28.7 Å². The summed E-state index contributed by atoms with van der Waals surface area (Å²) >= 11 is 0. The van der Waals surface area contributed by atoms with Gasteiger partial charge in [0.15, 0.2) is 11.6 Å². The molecule has 2 amide bonds. The van der Waals surface area contributed by atoms with Crippen LogP contribution in [0.2, 0.25) is 0 Å². The number of benzene rings is 2. The van der Waals surface area contributed by atoms with Crippen LogP contribution in [-0.2, 0) is 22.0 Å². The van der Waals surface area contributed by atoms with E-state index in [-0.39, 0.29) is 11.1 Å². The zero-order valence-electron chi connectivity index (χ0n) is 17.0. The molecule has 0 aromatic heterocycles. The van der Waals surface area contributed by atoms with Crippen LogP contribution in [0.3, 0.4) is 0 Å². The third kappa shape index (κ3) is 6.42. The summed E-state index contributed by atoms with van der Waals surface area (Å²) in [6.07, 6.45) is 0.782. The molecule has 0 aliphatic rings. The van der Waals surface area contributed by atoms with Crippen LogP contribution in [-0.4, -0.2) is 32.7 Å². The molecule has 0 aliphatic carbocycles. The molecule has 0 fully saturated rings. The van der Waals surface area contributed by atoms with Crippen molar-refractivity contribution in [3.8, 4) is 0 Å². The first-order chi connectivity index (χ1) is 13.3. The Kier molecular flexibility index (Phi) is 6.52. The molecule has 0 saturated heterocycles. The quantitative estimate of drug-likeness (QED) is 0.750. The minimum absolute atomic E-state index is 0.0219. The molecule has 0 spiro atoms. The average Bonchev–Trinajstić information content (AvgIpc) is 2.57. The van der Waals surface area contributed by atoms with Crippen LogP contribution in [0.15, 0.2) is 36.4 Å². The highest BCUT2D eigenvalue weighted by Gasteiger charge is 2.17. The van der Waals surface area contributed by atoms with Gasteiger partial charge in [-0.3, -0.25) is 4.72 Å². The van der Waals surface area contributed by atoms with Crippen LogP contribution in [0.4, 0.5) is 25.0 Å². The molecule has 2 aromatic carbocycles. The fourth-order valence-electron chi connectivity index (χ4n) is 2.60. The molecule has 0 heterocycles. The maximum Gasteiger partial charge on any atom is 0.321 e. The van der Waals surface area contributed by atoms with E-state index in [2.05, 4.69) is 26.1 Å². The molecule has 0 unspecified atom stereocenters. The standard InChI is InChI=1S/C20H25F2N3O3S/c1-20(2,3)14-8-6-13(7-9-14)12-25(4)19(26)23-15-10-16(21)18(17(22)11-15)24-29(5,27)28/h6-11,24H,12H2,1-5H3,(H,23,26). The number of sulfonamides is 1. The van der Waals surface area contributed by atoms with E-state index in [0.717, 1.165) is 24.0 Å². The first-order valence-corrected chi connectivity index (χ1v) is 10.7. The smallest absolute Gasteiger partial charge is 0.321 e. The molecule has 29 heavy (non-hydrogen) atoms. The maximum atomic E-state index is 14.0. The number of nitrogens with zero attached hydrogens (tertiary/aromatic N) is 1. The summed E-state index contributed by atoms with van der Waals surface area (Å²) in [5.74, 6) is -2.27. The van der Waals surface area contributed by atoms with E-state index in [1.807, 2.05) is 24.3 Å². The molecule has 2 N–H and O–H groups in total. The Morgan fingerprint density at radius 3 is 2.03 bits per heavy atom. The molecule has 6 nitrogen and oxygen atoms in total. The van der Waals surface area contributed by atoms with Crippen molar-refractivity contribution in [1.82, 2.24) is 4.90 Å². The molecule has 0 atom stereocenters. The minimum atomic E-state index is -3.84. The van der Waals surface area contributed by atoms with Crippen LogP contribution in [0.25, 0.3) is 0 Å². The third-order valence-corrected chi connectivity index (χ3v) is 4.74. The van der Waals surface area contributed by atoms with Crippen LogP contribution >= 0.6 is 0 Å². The number of hydrogen-bond donors (Lipinski definition) is 2. The molecule has 158 valence electrons. The summed E-state index contributed by atoms with van der Waals surface area (Å²) in [6.45, 7) is 6.62. The van der Waals surface area contributed by atoms with Crippen molar-refractivity contribution in [2.24, 2.45) is 0 Å². The monoisotopic (exact) mass is 425 g/mol. The predicted octanol–water partition coefficient (Wildman–Crippen LogP) is 4.30. The van der Waals surface area contributed by atoms with Crippen molar-refractivity contribution in [3.05, 3.63) is 59.2 Å². The fraction of sp³-hybridized carbons (Fsp3) is 0.350. The number of anilines is 2. The molecular weight excluding hydrogens is 400 g/mol. The number of amides is 2. The predicted molar refractivity (Wildman–Crippen MR) is 110 cm³/mol. The van der Waals surface area contributed by atoms with E-state index in [1.165, 1.54) is 10.5 Å². The molecule has 0 bridgehead atoms. The van der Waals surface area contributed by atoms with E-state index < -0.39 is 33.4 Å². The largest absolute Gasteiger partial charge is 0.323 e. The zero-order chi connectivity index (χ0) is 22.0.